The highest BCUT2D eigenvalue weighted by atomic mass is 19.3. The van der Waals surface area contributed by atoms with Gasteiger partial charge in [-0.3, -0.25) is 0 Å². The predicted octanol–water partition coefficient (Wildman–Crippen LogP) is 2.22. The number of hydrogen-bond acceptors (Lipinski definition) is 2. The van der Waals surface area contributed by atoms with Crippen LogP contribution >= 0.6 is 0 Å². The molecule has 84 valence electrons. The first kappa shape index (κ1) is 11.9. The van der Waals surface area contributed by atoms with Crippen molar-refractivity contribution in [2.45, 2.75) is 25.3 Å². The van der Waals surface area contributed by atoms with Crippen molar-refractivity contribution in [2.75, 3.05) is 7.11 Å². The molecule has 0 aliphatic rings. The number of halogens is 2. The van der Waals surface area contributed by atoms with Crippen LogP contribution in [0.15, 0.2) is 24.3 Å². The van der Waals surface area contributed by atoms with E-state index in [0.29, 0.717) is 11.3 Å². The van der Waals surface area contributed by atoms with Crippen LogP contribution in [-0.4, -0.2) is 19.1 Å². The Morgan fingerprint density at radius 3 is 2.27 bits per heavy atom. The van der Waals surface area contributed by atoms with Crippen molar-refractivity contribution in [1.29, 1.82) is 0 Å². The summed E-state index contributed by atoms with van der Waals surface area (Å²) in [6.07, 6.45) is -0.339. The van der Waals surface area contributed by atoms with Crippen molar-refractivity contribution < 1.29 is 13.5 Å². The van der Waals surface area contributed by atoms with E-state index >= 15 is 0 Å². The average Bonchev–Trinajstić information content (AvgIpc) is 2.18. The van der Waals surface area contributed by atoms with Gasteiger partial charge in [0.2, 0.25) is 0 Å². The molecule has 0 aromatic heterocycles. The minimum absolute atomic E-state index is 0.339. The monoisotopic (exact) mass is 215 g/mol. The van der Waals surface area contributed by atoms with Gasteiger partial charge in [-0.1, -0.05) is 12.1 Å². The molecule has 0 saturated carbocycles. The number of methoxy groups -OCH3 is 1. The molecule has 4 heteroatoms. The Morgan fingerprint density at radius 1 is 1.33 bits per heavy atom. The standard InChI is InChI=1S/C11H15F2NO/c1-8(14)11(12,13)7-9-3-5-10(15-2)6-4-9/h3-6,8H,7,14H2,1-2H3. The molecular weight excluding hydrogens is 200 g/mol. The summed E-state index contributed by atoms with van der Waals surface area (Å²) >= 11 is 0. The second-order valence-electron chi connectivity index (χ2n) is 3.57. The van der Waals surface area contributed by atoms with Gasteiger partial charge in [0.1, 0.15) is 5.75 Å². The first-order valence-electron chi connectivity index (χ1n) is 4.72. The highest BCUT2D eigenvalue weighted by Gasteiger charge is 2.33. The van der Waals surface area contributed by atoms with Gasteiger partial charge < -0.3 is 10.5 Å². The van der Waals surface area contributed by atoms with E-state index in [0.717, 1.165) is 0 Å². The van der Waals surface area contributed by atoms with Gasteiger partial charge in [0.15, 0.2) is 0 Å². The molecule has 1 rings (SSSR count). The fourth-order valence-corrected chi connectivity index (χ4v) is 1.18. The quantitative estimate of drug-likeness (QED) is 0.835. The van der Waals surface area contributed by atoms with E-state index in [1.165, 1.54) is 14.0 Å². The zero-order valence-electron chi connectivity index (χ0n) is 8.84. The van der Waals surface area contributed by atoms with Crippen LogP contribution < -0.4 is 10.5 Å². The topological polar surface area (TPSA) is 35.2 Å². The fraction of sp³-hybridized carbons (Fsp3) is 0.455. The molecule has 0 aliphatic heterocycles. The molecule has 1 unspecified atom stereocenters. The molecule has 0 radical (unpaired) electrons. The summed E-state index contributed by atoms with van der Waals surface area (Å²) in [6, 6.07) is 5.42. The molecule has 0 aliphatic carbocycles. The lowest BCUT2D eigenvalue weighted by Gasteiger charge is -2.20. The molecule has 2 nitrogen and oxygen atoms in total. The molecule has 2 N–H and O–H groups in total. The molecule has 1 atom stereocenters. The minimum Gasteiger partial charge on any atom is -0.497 e. The fourth-order valence-electron chi connectivity index (χ4n) is 1.18. The third-order valence-corrected chi connectivity index (χ3v) is 2.27. The SMILES string of the molecule is COc1ccc(CC(F)(F)C(C)N)cc1. The highest BCUT2D eigenvalue weighted by molar-refractivity contribution is 5.27. The maximum Gasteiger partial charge on any atom is 0.266 e. The highest BCUT2D eigenvalue weighted by Crippen LogP contribution is 2.24. The number of alkyl halides is 2. The van der Waals surface area contributed by atoms with Crippen molar-refractivity contribution in [1.82, 2.24) is 0 Å². The van der Waals surface area contributed by atoms with Crippen LogP contribution in [0.4, 0.5) is 8.78 Å². The first-order valence-corrected chi connectivity index (χ1v) is 4.72. The minimum atomic E-state index is -2.87. The van der Waals surface area contributed by atoms with Crippen molar-refractivity contribution in [2.24, 2.45) is 5.73 Å². The van der Waals surface area contributed by atoms with E-state index in [9.17, 15) is 8.78 Å². The van der Waals surface area contributed by atoms with Crippen LogP contribution in [0, 0.1) is 0 Å². The maximum absolute atomic E-state index is 13.3. The van der Waals surface area contributed by atoms with E-state index < -0.39 is 12.0 Å². The lowest BCUT2D eigenvalue weighted by atomic mass is 10.0. The third-order valence-electron chi connectivity index (χ3n) is 2.27. The summed E-state index contributed by atoms with van der Waals surface area (Å²) < 4.78 is 31.5. The van der Waals surface area contributed by atoms with Crippen molar-refractivity contribution in [3.8, 4) is 5.75 Å². The van der Waals surface area contributed by atoms with Crippen molar-refractivity contribution >= 4 is 0 Å². The number of benzene rings is 1. The van der Waals surface area contributed by atoms with Crippen LogP contribution in [0.25, 0.3) is 0 Å². The summed E-state index contributed by atoms with van der Waals surface area (Å²) in [5.74, 6) is -2.21. The molecule has 0 heterocycles. The van der Waals surface area contributed by atoms with Gasteiger partial charge in [-0.25, -0.2) is 8.78 Å². The van der Waals surface area contributed by atoms with Crippen molar-refractivity contribution in [3.63, 3.8) is 0 Å². The number of ether oxygens (including phenoxy) is 1. The molecule has 1 aromatic rings. The molecule has 15 heavy (non-hydrogen) atoms. The molecular formula is C11H15F2NO. The number of rotatable bonds is 4. The van der Waals surface area contributed by atoms with Crippen LogP contribution in [0.5, 0.6) is 5.75 Å². The third kappa shape index (κ3) is 3.16. The van der Waals surface area contributed by atoms with Crippen LogP contribution in [0.2, 0.25) is 0 Å². The number of hydrogen-bond donors (Lipinski definition) is 1. The first-order chi connectivity index (χ1) is 6.95. The van der Waals surface area contributed by atoms with E-state index in [1.807, 2.05) is 0 Å². The summed E-state index contributed by atoms with van der Waals surface area (Å²) in [5.41, 5.74) is 5.75. The molecule has 0 bridgehead atoms. The van der Waals surface area contributed by atoms with Crippen LogP contribution in [-0.2, 0) is 6.42 Å². The van der Waals surface area contributed by atoms with Gasteiger partial charge in [0.25, 0.3) is 5.92 Å². The smallest absolute Gasteiger partial charge is 0.266 e. The second kappa shape index (κ2) is 4.57. The lowest BCUT2D eigenvalue weighted by molar-refractivity contribution is -0.0190. The van der Waals surface area contributed by atoms with Gasteiger partial charge in [0, 0.05) is 6.42 Å². The Morgan fingerprint density at radius 2 is 1.87 bits per heavy atom. The van der Waals surface area contributed by atoms with Crippen molar-refractivity contribution in [3.05, 3.63) is 29.8 Å². The Bertz CT molecular complexity index is 309. The number of nitrogens with two attached hydrogens (primary N) is 1. The van der Waals surface area contributed by atoms with Gasteiger partial charge in [0.05, 0.1) is 13.2 Å². The Hall–Kier alpha value is -1.16. The maximum atomic E-state index is 13.3. The van der Waals surface area contributed by atoms with Gasteiger partial charge in [-0.2, -0.15) is 0 Å². The second-order valence-corrected chi connectivity index (χ2v) is 3.57. The Balaban J connectivity index is 2.73. The van der Waals surface area contributed by atoms with Gasteiger partial charge in [-0.05, 0) is 24.6 Å². The Kier molecular flexibility index (Phi) is 3.63. The molecule has 1 aromatic carbocycles. The lowest BCUT2D eigenvalue weighted by Crippen LogP contribution is -2.39. The zero-order valence-corrected chi connectivity index (χ0v) is 8.84. The zero-order chi connectivity index (χ0) is 11.5. The summed E-state index contributed by atoms with van der Waals surface area (Å²) in [5, 5.41) is 0. The Labute approximate surface area is 88.0 Å². The largest absolute Gasteiger partial charge is 0.497 e. The molecule has 0 amide bonds. The summed E-state index contributed by atoms with van der Waals surface area (Å²) in [4.78, 5) is 0. The van der Waals surface area contributed by atoms with E-state index in [4.69, 9.17) is 10.5 Å². The molecule has 0 spiro atoms. The van der Waals surface area contributed by atoms with E-state index in [1.54, 1.807) is 24.3 Å². The predicted molar refractivity (Wildman–Crippen MR) is 55.3 cm³/mol. The molecule has 0 fully saturated rings. The molecule has 0 saturated heterocycles. The van der Waals surface area contributed by atoms with Gasteiger partial charge in [-0.15, -0.1) is 0 Å². The summed E-state index contributed by atoms with van der Waals surface area (Å²) in [7, 11) is 1.53. The summed E-state index contributed by atoms with van der Waals surface area (Å²) in [6.45, 7) is 1.31. The van der Waals surface area contributed by atoms with E-state index in [2.05, 4.69) is 0 Å². The van der Waals surface area contributed by atoms with Crippen LogP contribution in [0.1, 0.15) is 12.5 Å². The van der Waals surface area contributed by atoms with E-state index in [-0.39, 0.29) is 6.42 Å². The average molecular weight is 215 g/mol. The van der Waals surface area contributed by atoms with Crippen LogP contribution in [0.3, 0.4) is 0 Å². The normalized spacial score (nSPS) is 13.7. The van der Waals surface area contributed by atoms with Gasteiger partial charge >= 0.3 is 0 Å².